The molecule has 4 rings (SSSR count). The van der Waals surface area contributed by atoms with Crippen LogP contribution >= 0.6 is 0 Å². The molecule has 1 aromatic carbocycles. The Balaban J connectivity index is 1.66. The van der Waals surface area contributed by atoms with Crippen molar-refractivity contribution in [2.24, 2.45) is 23.7 Å². The van der Waals surface area contributed by atoms with Gasteiger partial charge in [0.15, 0.2) is 5.78 Å². The summed E-state index contributed by atoms with van der Waals surface area (Å²) < 4.78 is 0. The number of benzene rings is 1. The highest BCUT2D eigenvalue weighted by Crippen LogP contribution is 2.57. The van der Waals surface area contributed by atoms with Crippen molar-refractivity contribution in [1.82, 2.24) is 0 Å². The minimum absolute atomic E-state index is 0.187. The predicted octanol–water partition coefficient (Wildman–Crippen LogP) is 2.89. The van der Waals surface area contributed by atoms with Gasteiger partial charge in [0.05, 0.1) is 0 Å². The maximum atomic E-state index is 12.6. The molecule has 19 heavy (non-hydrogen) atoms. The largest absolute Gasteiger partial charge is 0.384 e. The Morgan fingerprint density at radius 3 is 2.58 bits per heavy atom. The molecule has 1 N–H and O–H groups in total. The minimum atomic E-state index is -0.737. The monoisotopic (exact) mass is 254 g/mol. The van der Waals surface area contributed by atoms with Crippen molar-refractivity contribution < 1.29 is 9.90 Å². The number of aliphatic hydroxyl groups is 1. The van der Waals surface area contributed by atoms with Crippen LogP contribution in [0.1, 0.15) is 30.9 Å². The first-order chi connectivity index (χ1) is 9.25. The number of aliphatic hydroxyl groups excluding tert-OH is 1. The van der Waals surface area contributed by atoms with Crippen molar-refractivity contribution in [3.05, 3.63) is 47.5 Å². The summed E-state index contributed by atoms with van der Waals surface area (Å²) in [6.07, 6.45) is 5.06. The summed E-state index contributed by atoms with van der Waals surface area (Å²) in [6.45, 7) is 0. The first-order valence-electron chi connectivity index (χ1n) is 7.24. The van der Waals surface area contributed by atoms with E-state index in [-0.39, 0.29) is 11.7 Å². The molecule has 0 amide bonds. The van der Waals surface area contributed by atoms with Gasteiger partial charge in [0.25, 0.3) is 0 Å². The van der Waals surface area contributed by atoms with Crippen LogP contribution in [0.4, 0.5) is 0 Å². The van der Waals surface area contributed by atoms with E-state index in [2.05, 4.69) is 6.08 Å². The van der Waals surface area contributed by atoms with E-state index < -0.39 is 6.10 Å². The molecule has 2 saturated carbocycles. The van der Waals surface area contributed by atoms with Gasteiger partial charge in [0.2, 0.25) is 0 Å². The molecular formula is C17H18O2. The maximum Gasteiger partial charge on any atom is 0.165 e. The zero-order valence-corrected chi connectivity index (χ0v) is 10.8. The normalized spacial score (nSPS) is 37.3. The summed E-state index contributed by atoms with van der Waals surface area (Å²) in [5.41, 5.74) is 1.48. The van der Waals surface area contributed by atoms with Crippen molar-refractivity contribution in [2.45, 2.75) is 25.4 Å². The lowest BCUT2D eigenvalue weighted by atomic mass is 9.81. The van der Waals surface area contributed by atoms with Crippen LogP contribution in [0.15, 0.2) is 42.0 Å². The third kappa shape index (κ3) is 1.56. The first kappa shape index (κ1) is 11.4. The Bertz CT molecular complexity index is 546. The lowest BCUT2D eigenvalue weighted by Crippen LogP contribution is -2.24. The molecule has 0 aromatic heterocycles. The van der Waals surface area contributed by atoms with Crippen LogP contribution in [0, 0.1) is 23.7 Å². The zero-order chi connectivity index (χ0) is 13.0. The Morgan fingerprint density at radius 1 is 1.11 bits per heavy atom. The third-order valence-corrected chi connectivity index (χ3v) is 5.35. The van der Waals surface area contributed by atoms with Crippen molar-refractivity contribution in [2.75, 3.05) is 0 Å². The van der Waals surface area contributed by atoms with Gasteiger partial charge in [0, 0.05) is 11.5 Å². The molecule has 0 aliphatic heterocycles. The fourth-order valence-corrected chi connectivity index (χ4v) is 4.49. The lowest BCUT2D eigenvalue weighted by Gasteiger charge is -2.22. The second-order valence-corrected chi connectivity index (χ2v) is 6.24. The molecule has 3 aliphatic carbocycles. The van der Waals surface area contributed by atoms with Crippen LogP contribution in [0.2, 0.25) is 0 Å². The summed E-state index contributed by atoms with van der Waals surface area (Å²) in [4.78, 5) is 12.6. The molecule has 1 aromatic rings. The number of ketones is 1. The molecule has 2 bridgehead atoms. The molecule has 2 fully saturated rings. The molecule has 0 heterocycles. The van der Waals surface area contributed by atoms with Gasteiger partial charge >= 0.3 is 0 Å². The Morgan fingerprint density at radius 2 is 1.84 bits per heavy atom. The SMILES string of the molecule is O=C1C([C@H](O)c2ccccc2)=C[C@H]2[C@@H]3CC[C@@H](C3)[C@@H]12. The van der Waals surface area contributed by atoms with Crippen LogP contribution in [0.3, 0.4) is 0 Å². The molecule has 3 aliphatic rings. The smallest absolute Gasteiger partial charge is 0.165 e. The van der Waals surface area contributed by atoms with Gasteiger partial charge in [-0.15, -0.1) is 0 Å². The maximum absolute atomic E-state index is 12.6. The topological polar surface area (TPSA) is 37.3 Å². The number of carbonyl (C=O) groups is 1. The van der Waals surface area contributed by atoms with E-state index in [4.69, 9.17) is 0 Å². The molecular weight excluding hydrogens is 236 g/mol. The summed E-state index contributed by atoms with van der Waals surface area (Å²) in [5.74, 6) is 2.10. The van der Waals surface area contributed by atoms with Crippen LogP contribution < -0.4 is 0 Å². The molecule has 5 atom stereocenters. The van der Waals surface area contributed by atoms with Crippen molar-refractivity contribution >= 4 is 5.78 Å². The summed E-state index contributed by atoms with van der Waals surface area (Å²) >= 11 is 0. The van der Waals surface area contributed by atoms with Crippen molar-refractivity contribution in [3.8, 4) is 0 Å². The number of hydrogen-bond acceptors (Lipinski definition) is 2. The van der Waals surface area contributed by atoms with E-state index >= 15 is 0 Å². The van der Waals surface area contributed by atoms with E-state index in [0.29, 0.717) is 23.3 Å². The quantitative estimate of drug-likeness (QED) is 0.881. The van der Waals surface area contributed by atoms with E-state index in [9.17, 15) is 9.90 Å². The van der Waals surface area contributed by atoms with Crippen molar-refractivity contribution in [3.63, 3.8) is 0 Å². The van der Waals surface area contributed by atoms with E-state index in [0.717, 1.165) is 5.56 Å². The van der Waals surface area contributed by atoms with E-state index in [1.165, 1.54) is 19.3 Å². The second kappa shape index (κ2) is 4.04. The molecule has 0 spiro atoms. The summed E-state index contributed by atoms with van der Waals surface area (Å²) in [7, 11) is 0. The lowest BCUT2D eigenvalue weighted by molar-refractivity contribution is -0.121. The van der Waals surface area contributed by atoms with Gasteiger partial charge in [-0.25, -0.2) is 0 Å². The van der Waals surface area contributed by atoms with Crippen LogP contribution in [-0.2, 0) is 4.79 Å². The molecule has 0 unspecified atom stereocenters. The van der Waals surface area contributed by atoms with Crippen molar-refractivity contribution in [1.29, 1.82) is 0 Å². The number of allylic oxidation sites excluding steroid dienone is 1. The van der Waals surface area contributed by atoms with Gasteiger partial charge < -0.3 is 5.11 Å². The third-order valence-electron chi connectivity index (χ3n) is 5.35. The number of Topliss-reactive ketones (excluding diaryl/α,β-unsaturated/α-hetero) is 1. The fraction of sp³-hybridized carbons (Fsp3) is 0.471. The second-order valence-electron chi connectivity index (χ2n) is 6.24. The number of hydrogen-bond donors (Lipinski definition) is 1. The van der Waals surface area contributed by atoms with Crippen LogP contribution in [0.25, 0.3) is 0 Å². The molecule has 98 valence electrons. The fourth-order valence-electron chi connectivity index (χ4n) is 4.49. The molecule has 0 radical (unpaired) electrons. The molecule has 2 heteroatoms. The van der Waals surface area contributed by atoms with Gasteiger partial charge in [-0.3, -0.25) is 4.79 Å². The van der Waals surface area contributed by atoms with Gasteiger partial charge in [-0.2, -0.15) is 0 Å². The van der Waals surface area contributed by atoms with Gasteiger partial charge in [-0.05, 0) is 42.6 Å². The Hall–Kier alpha value is -1.41. The summed E-state index contributed by atoms with van der Waals surface area (Å²) in [5, 5.41) is 10.4. The summed E-state index contributed by atoms with van der Waals surface area (Å²) in [6, 6.07) is 9.52. The number of carbonyl (C=O) groups excluding carboxylic acids is 1. The average molecular weight is 254 g/mol. The van der Waals surface area contributed by atoms with E-state index in [1.807, 2.05) is 30.3 Å². The highest BCUT2D eigenvalue weighted by atomic mass is 16.3. The highest BCUT2D eigenvalue weighted by molar-refractivity contribution is 6.01. The predicted molar refractivity (Wildman–Crippen MR) is 72.3 cm³/mol. The zero-order valence-electron chi connectivity index (χ0n) is 10.8. The number of fused-ring (bicyclic) bond motifs is 5. The average Bonchev–Trinajstić information content (AvgIpc) is 3.12. The molecule has 0 saturated heterocycles. The van der Waals surface area contributed by atoms with Gasteiger partial charge in [-0.1, -0.05) is 36.4 Å². The van der Waals surface area contributed by atoms with Crippen LogP contribution in [-0.4, -0.2) is 10.9 Å². The molecule has 2 nitrogen and oxygen atoms in total. The standard InChI is InChI=1S/C17H18O2/c18-16(10-4-2-1-3-5-10)14-9-13-11-6-7-12(8-11)15(13)17(14)19/h1-5,9,11-13,15-16,18H,6-8H2/t11-,12+,13+,15-,16-/m1/s1. The van der Waals surface area contributed by atoms with Gasteiger partial charge in [0.1, 0.15) is 6.10 Å². The Kier molecular flexibility index (Phi) is 2.43. The highest BCUT2D eigenvalue weighted by Gasteiger charge is 2.54. The minimum Gasteiger partial charge on any atom is -0.384 e. The first-order valence-corrected chi connectivity index (χ1v) is 7.24. The Labute approximate surface area is 113 Å². The number of rotatable bonds is 2. The van der Waals surface area contributed by atoms with Crippen LogP contribution in [0.5, 0.6) is 0 Å². The van der Waals surface area contributed by atoms with E-state index in [1.54, 1.807) is 0 Å².